The van der Waals surface area contributed by atoms with E-state index >= 15 is 0 Å². The number of benzene rings is 1. The Kier molecular flexibility index (Phi) is 5.20. The van der Waals surface area contributed by atoms with Crippen molar-refractivity contribution in [2.45, 2.75) is 31.9 Å². The number of ether oxygens (including phenoxy) is 2. The maximum Gasteiger partial charge on any atom is 0.409 e. The molecule has 2 aliphatic rings. The summed E-state index contributed by atoms with van der Waals surface area (Å²) in [4.78, 5) is 25.3. The smallest absolute Gasteiger partial charge is 0.409 e. The molecule has 0 spiro atoms. The molecule has 3 amide bonds. The number of amides is 3. The molecule has 24 heavy (non-hydrogen) atoms. The number of urea groups is 1. The first-order valence-electron chi connectivity index (χ1n) is 8.27. The van der Waals surface area contributed by atoms with Gasteiger partial charge in [0, 0.05) is 31.9 Å². The van der Waals surface area contributed by atoms with Crippen molar-refractivity contribution in [2.75, 3.05) is 32.1 Å². The molecule has 1 aromatic rings. The molecule has 2 N–H and O–H groups in total. The molecule has 1 saturated heterocycles. The van der Waals surface area contributed by atoms with Crippen LogP contribution in [-0.4, -0.2) is 49.9 Å². The van der Waals surface area contributed by atoms with Crippen molar-refractivity contribution in [2.24, 2.45) is 0 Å². The average Bonchev–Trinajstić information content (AvgIpc) is 3.12. The second-order valence-corrected chi connectivity index (χ2v) is 6.10. The summed E-state index contributed by atoms with van der Waals surface area (Å²) in [5.74, 6) is 0. The molecular weight excluding hydrogens is 310 g/mol. The number of fused-ring (bicyclic) bond motifs is 1. The maximum atomic E-state index is 12.0. The van der Waals surface area contributed by atoms with E-state index in [0.29, 0.717) is 25.3 Å². The summed E-state index contributed by atoms with van der Waals surface area (Å²) in [6, 6.07) is 5.56. The number of nitrogens with one attached hydrogen (secondary N) is 2. The van der Waals surface area contributed by atoms with E-state index in [2.05, 4.69) is 10.6 Å². The van der Waals surface area contributed by atoms with Crippen LogP contribution in [0.2, 0.25) is 0 Å². The Balaban J connectivity index is 1.57. The molecule has 3 rings (SSSR count). The van der Waals surface area contributed by atoms with E-state index in [9.17, 15) is 9.59 Å². The van der Waals surface area contributed by atoms with Crippen molar-refractivity contribution in [1.29, 1.82) is 0 Å². The van der Waals surface area contributed by atoms with Gasteiger partial charge < -0.3 is 25.0 Å². The first-order chi connectivity index (χ1) is 11.7. The highest BCUT2D eigenvalue weighted by Crippen LogP contribution is 2.23. The molecule has 1 aromatic carbocycles. The van der Waals surface area contributed by atoms with E-state index in [-0.39, 0.29) is 18.2 Å². The molecular formula is C17H23N3O4. The number of carbonyl (C=O) groups excluding carboxylic acids is 2. The largest absolute Gasteiger partial charge is 0.453 e. The van der Waals surface area contributed by atoms with Crippen LogP contribution in [0.3, 0.4) is 0 Å². The fourth-order valence-corrected chi connectivity index (χ4v) is 3.11. The summed E-state index contributed by atoms with van der Waals surface area (Å²) in [6.45, 7) is 2.44. The number of hydrogen-bond acceptors (Lipinski definition) is 4. The predicted octanol–water partition coefficient (Wildman–Crippen LogP) is 2.11. The third-order valence-corrected chi connectivity index (χ3v) is 4.42. The molecule has 0 unspecified atom stereocenters. The Morgan fingerprint density at radius 3 is 3.00 bits per heavy atom. The van der Waals surface area contributed by atoms with Gasteiger partial charge in [0.05, 0.1) is 13.2 Å². The van der Waals surface area contributed by atoms with Crippen LogP contribution in [0.4, 0.5) is 15.3 Å². The third kappa shape index (κ3) is 3.97. The quantitative estimate of drug-likeness (QED) is 0.888. The van der Waals surface area contributed by atoms with Gasteiger partial charge in [0.1, 0.15) is 0 Å². The summed E-state index contributed by atoms with van der Waals surface area (Å²) in [5.41, 5.74) is 2.94. The minimum atomic E-state index is -0.326. The molecule has 7 nitrogen and oxygen atoms in total. The SMILES string of the molecule is COC(=O)N1CCc2ccc(NC(=O)NC[C@H]3CCCO3)cc2C1. The number of hydrogen-bond donors (Lipinski definition) is 2. The second-order valence-electron chi connectivity index (χ2n) is 6.10. The molecule has 130 valence electrons. The van der Waals surface area contributed by atoms with Gasteiger partial charge in [0.25, 0.3) is 0 Å². The van der Waals surface area contributed by atoms with Crippen LogP contribution in [0, 0.1) is 0 Å². The summed E-state index contributed by atoms with van der Waals surface area (Å²) >= 11 is 0. The van der Waals surface area contributed by atoms with Crippen LogP contribution >= 0.6 is 0 Å². The fraction of sp³-hybridized carbons (Fsp3) is 0.529. The summed E-state index contributed by atoms with van der Waals surface area (Å²) in [6.07, 6.45) is 2.62. The van der Waals surface area contributed by atoms with Crippen LogP contribution in [0.1, 0.15) is 24.0 Å². The lowest BCUT2D eigenvalue weighted by Crippen LogP contribution is -2.36. The van der Waals surface area contributed by atoms with E-state index < -0.39 is 0 Å². The molecule has 1 fully saturated rings. The Morgan fingerprint density at radius 2 is 2.25 bits per heavy atom. The Morgan fingerprint density at radius 1 is 1.38 bits per heavy atom. The molecule has 2 heterocycles. The minimum Gasteiger partial charge on any atom is -0.453 e. The lowest BCUT2D eigenvalue weighted by molar-refractivity contribution is 0.112. The average molecular weight is 333 g/mol. The molecule has 0 bridgehead atoms. The molecule has 0 radical (unpaired) electrons. The maximum absolute atomic E-state index is 12.0. The number of anilines is 1. The summed E-state index contributed by atoms with van der Waals surface area (Å²) in [5, 5.41) is 5.66. The predicted molar refractivity (Wildman–Crippen MR) is 89.0 cm³/mol. The molecule has 7 heteroatoms. The first-order valence-corrected chi connectivity index (χ1v) is 8.27. The Hall–Kier alpha value is -2.28. The van der Waals surface area contributed by atoms with Crippen molar-refractivity contribution in [3.63, 3.8) is 0 Å². The van der Waals surface area contributed by atoms with Gasteiger partial charge in [-0.2, -0.15) is 0 Å². The van der Waals surface area contributed by atoms with E-state index in [4.69, 9.17) is 9.47 Å². The minimum absolute atomic E-state index is 0.118. The van der Waals surface area contributed by atoms with Crippen LogP contribution < -0.4 is 10.6 Å². The van der Waals surface area contributed by atoms with Crippen molar-refractivity contribution >= 4 is 17.8 Å². The highest BCUT2D eigenvalue weighted by molar-refractivity contribution is 5.89. The van der Waals surface area contributed by atoms with Gasteiger partial charge >= 0.3 is 12.1 Å². The zero-order valence-corrected chi connectivity index (χ0v) is 13.8. The number of methoxy groups -OCH3 is 1. The summed E-state index contributed by atoms with van der Waals surface area (Å²) in [7, 11) is 1.38. The van der Waals surface area contributed by atoms with E-state index in [1.165, 1.54) is 12.7 Å². The van der Waals surface area contributed by atoms with Gasteiger partial charge in [-0.3, -0.25) is 0 Å². The van der Waals surface area contributed by atoms with Gasteiger partial charge in [0.15, 0.2) is 0 Å². The van der Waals surface area contributed by atoms with Crippen LogP contribution in [0.25, 0.3) is 0 Å². The van der Waals surface area contributed by atoms with Gasteiger partial charge in [-0.1, -0.05) is 6.07 Å². The highest BCUT2D eigenvalue weighted by atomic mass is 16.5. The lowest BCUT2D eigenvalue weighted by Gasteiger charge is -2.28. The lowest BCUT2D eigenvalue weighted by atomic mass is 9.99. The van der Waals surface area contributed by atoms with Crippen LogP contribution in [0.15, 0.2) is 18.2 Å². The molecule has 0 aromatic heterocycles. The fourth-order valence-electron chi connectivity index (χ4n) is 3.11. The van der Waals surface area contributed by atoms with Gasteiger partial charge in [-0.05, 0) is 42.5 Å². The molecule has 0 saturated carbocycles. The third-order valence-electron chi connectivity index (χ3n) is 4.42. The first kappa shape index (κ1) is 16.6. The Bertz CT molecular complexity index is 614. The van der Waals surface area contributed by atoms with Crippen molar-refractivity contribution in [3.8, 4) is 0 Å². The van der Waals surface area contributed by atoms with E-state index in [0.717, 1.165) is 31.4 Å². The number of nitrogens with zero attached hydrogens (tertiary/aromatic N) is 1. The van der Waals surface area contributed by atoms with E-state index in [1.54, 1.807) is 4.90 Å². The van der Waals surface area contributed by atoms with Gasteiger partial charge in [0.2, 0.25) is 0 Å². The molecule has 2 aliphatic heterocycles. The number of carbonyl (C=O) groups is 2. The standard InChI is InChI=1S/C17H23N3O4/c1-23-17(22)20-7-6-12-4-5-14(9-13(12)11-20)19-16(21)18-10-15-3-2-8-24-15/h4-5,9,15H,2-3,6-8,10-11H2,1H3,(H2,18,19,21)/t15-/m1/s1. The summed E-state index contributed by atoms with van der Waals surface area (Å²) < 4.78 is 10.3. The van der Waals surface area contributed by atoms with Crippen molar-refractivity contribution < 1.29 is 19.1 Å². The monoisotopic (exact) mass is 333 g/mol. The van der Waals surface area contributed by atoms with Gasteiger partial charge in [-0.15, -0.1) is 0 Å². The van der Waals surface area contributed by atoms with Crippen LogP contribution in [-0.2, 0) is 22.4 Å². The zero-order chi connectivity index (χ0) is 16.9. The molecule has 0 aliphatic carbocycles. The highest BCUT2D eigenvalue weighted by Gasteiger charge is 2.21. The zero-order valence-electron chi connectivity index (χ0n) is 13.8. The normalized spacial score (nSPS) is 19.5. The number of rotatable bonds is 3. The Labute approximate surface area is 141 Å². The topological polar surface area (TPSA) is 79.9 Å². The second kappa shape index (κ2) is 7.53. The van der Waals surface area contributed by atoms with E-state index in [1.807, 2.05) is 18.2 Å². The van der Waals surface area contributed by atoms with Crippen LogP contribution in [0.5, 0.6) is 0 Å². The van der Waals surface area contributed by atoms with Crippen molar-refractivity contribution in [3.05, 3.63) is 29.3 Å². The van der Waals surface area contributed by atoms with Gasteiger partial charge in [-0.25, -0.2) is 9.59 Å². The molecule has 1 atom stereocenters. The van der Waals surface area contributed by atoms with Crippen molar-refractivity contribution in [1.82, 2.24) is 10.2 Å².